The molecule has 1 heterocycles. The lowest BCUT2D eigenvalue weighted by atomic mass is 10.1. The summed E-state index contributed by atoms with van der Waals surface area (Å²) in [6.45, 7) is 1.96. The van der Waals surface area contributed by atoms with Crippen LogP contribution in [0, 0.1) is 6.92 Å². The molecule has 0 atom stereocenters. The van der Waals surface area contributed by atoms with Crippen molar-refractivity contribution < 1.29 is 0 Å². The van der Waals surface area contributed by atoms with E-state index in [0.29, 0.717) is 11.6 Å². The van der Waals surface area contributed by atoms with Crippen molar-refractivity contribution in [2.45, 2.75) is 6.92 Å². The zero-order valence-corrected chi connectivity index (χ0v) is 11.7. The number of benzene rings is 2. The Hall–Kier alpha value is -2.72. The Morgan fingerprint density at radius 3 is 1.95 bits per heavy atom. The van der Waals surface area contributed by atoms with E-state index in [-0.39, 0.29) is 0 Å². The molecule has 0 aliphatic rings. The Morgan fingerprint density at radius 2 is 1.38 bits per heavy atom. The summed E-state index contributed by atoms with van der Waals surface area (Å²) >= 11 is 0. The molecule has 0 saturated carbocycles. The van der Waals surface area contributed by atoms with E-state index in [1.165, 1.54) is 0 Å². The van der Waals surface area contributed by atoms with Gasteiger partial charge in [0, 0.05) is 16.7 Å². The molecule has 104 valence electrons. The third-order valence-corrected chi connectivity index (χ3v) is 3.36. The first-order valence-corrected chi connectivity index (χ1v) is 6.75. The maximum absolute atomic E-state index is 5.60. The molecule has 4 heteroatoms. The van der Waals surface area contributed by atoms with Crippen molar-refractivity contribution >= 4 is 5.82 Å². The van der Waals surface area contributed by atoms with Crippen LogP contribution in [0.25, 0.3) is 22.6 Å². The number of rotatable bonds is 3. The van der Waals surface area contributed by atoms with Crippen molar-refractivity contribution in [1.82, 2.24) is 9.97 Å². The van der Waals surface area contributed by atoms with Gasteiger partial charge >= 0.3 is 0 Å². The van der Waals surface area contributed by atoms with E-state index in [1.807, 2.05) is 67.6 Å². The molecule has 4 nitrogen and oxygen atoms in total. The molecule has 0 radical (unpaired) electrons. The van der Waals surface area contributed by atoms with Gasteiger partial charge < -0.3 is 5.43 Å². The van der Waals surface area contributed by atoms with Crippen molar-refractivity contribution in [3.05, 3.63) is 66.2 Å². The summed E-state index contributed by atoms with van der Waals surface area (Å²) in [5, 5.41) is 0. The molecule has 21 heavy (non-hydrogen) atoms. The van der Waals surface area contributed by atoms with Gasteiger partial charge in [-0.3, -0.25) is 0 Å². The van der Waals surface area contributed by atoms with E-state index < -0.39 is 0 Å². The zero-order chi connectivity index (χ0) is 14.7. The van der Waals surface area contributed by atoms with E-state index in [9.17, 15) is 0 Å². The number of nitrogens with one attached hydrogen (secondary N) is 1. The summed E-state index contributed by atoms with van der Waals surface area (Å²) in [6, 6.07) is 19.9. The van der Waals surface area contributed by atoms with Crippen LogP contribution in [0.1, 0.15) is 5.56 Å². The summed E-state index contributed by atoms with van der Waals surface area (Å²) in [5.41, 5.74) is 6.50. The van der Waals surface area contributed by atoms with Gasteiger partial charge in [-0.25, -0.2) is 15.8 Å². The molecule has 3 N–H and O–H groups in total. The lowest BCUT2D eigenvalue weighted by Crippen LogP contribution is -2.12. The summed E-state index contributed by atoms with van der Waals surface area (Å²) in [4.78, 5) is 9.21. The van der Waals surface area contributed by atoms with Gasteiger partial charge in [0.2, 0.25) is 0 Å². The highest BCUT2D eigenvalue weighted by molar-refractivity contribution is 5.71. The highest BCUT2D eigenvalue weighted by Gasteiger charge is 2.12. The van der Waals surface area contributed by atoms with E-state index in [4.69, 9.17) is 10.8 Å². The van der Waals surface area contributed by atoms with Gasteiger partial charge in [-0.2, -0.15) is 0 Å². The monoisotopic (exact) mass is 276 g/mol. The normalized spacial score (nSPS) is 10.4. The number of hydrogen-bond donors (Lipinski definition) is 2. The van der Waals surface area contributed by atoms with Gasteiger partial charge in [0.15, 0.2) is 5.82 Å². The lowest BCUT2D eigenvalue weighted by Gasteiger charge is -2.12. The van der Waals surface area contributed by atoms with Crippen LogP contribution in [0.15, 0.2) is 60.7 Å². The van der Waals surface area contributed by atoms with Gasteiger partial charge in [0.25, 0.3) is 0 Å². The van der Waals surface area contributed by atoms with Crippen LogP contribution in [0.4, 0.5) is 5.82 Å². The molecule has 0 bridgehead atoms. The van der Waals surface area contributed by atoms with Gasteiger partial charge in [-0.1, -0.05) is 60.7 Å². The number of nitrogens with zero attached hydrogens (tertiary/aromatic N) is 2. The van der Waals surface area contributed by atoms with Crippen LogP contribution in [0.2, 0.25) is 0 Å². The fraction of sp³-hybridized carbons (Fsp3) is 0.0588. The number of aromatic nitrogens is 2. The van der Waals surface area contributed by atoms with E-state index in [0.717, 1.165) is 22.4 Å². The molecular weight excluding hydrogens is 260 g/mol. The molecular formula is C17H16N4. The second-order valence-corrected chi connectivity index (χ2v) is 4.75. The van der Waals surface area contributed by atoms with Gasteiger partial charge in [0.1, 0.15) is 5.82 Å². The van der Waals surface area contributed by atoms with Gasteiger partial charge in [-0.15, -0.1) is 0 Å². The number of anilines is 1. The van der Waals surface area contributed by atoms with Crippen molar-refractivity contribution in [3.8, 4) is 22.6 Å². The minimum Gasteiger partial charge on any atom is -0.308 e. The average Bonchev–Trinajstić information content (AvgIpc) is 2.56. The second kappa shape index (κ2) is 5.73. The van der Waals surface area contributed by atoms with Crippen LogP contribution in [0.5, 0.6) is 0 Å². The van der Waals surface area contributed by atoms with Crippen LogP contribution in [-0.4, -0.2) is 9.97 Å². The second-order valence-electron chi connectivity index (χ2n) is 4.75. The summed E-state index contributed by atoms with van der Waals surface area (Å²) in [6.07, 6.45) is 0. The SMILES string of the molecule is Cc1c(NN)nc(-c2ccccc2)nc1-c1ccccc1. The summed E-state index contributed by atoms with van der Waals surface area (Å²) < 4.78 is 0. The predicted octanol–water partition coefficient (Wildman–Crippen LogP) is 3.40. The first kappa shape index (κ1) is 13.3. The minimum atomic E-state index is 0.641. The van der Waals surface area contributed by atoms with Crippen molar-refractivity contribution in [2.24, 2.45) is 5.84 Å². The van der Waals surface area contributed by atoms with Gasteiger partial charge in [-0.05, 0) is 6.92 Å². The quantitative estimate of drug-likeness (QED) is 0.568. The smallest absolute Gasteiger partial charge is 0.162 e. The summed E-state index contributed by atoms with van der Waals surface area (Å²) in [7, 11) is 0. The predicted molar refractivity (Wildman–Crippen MR) is 85.5 cm³/mol. The van der Waals surface area contributed by atoms with Crippen LogP contribution in [0.3, 0.4) is 0 Å². The maximum atomic E-state index is 5.60. The van der Waals surface area contributed by atoms with Crippen LogP contribution >= 0.6 is 0 Å². The standard InChI is InChI=1S/C17H16N4/c1-12-15(13-8-4-2-5-9-13)19-17(20-16(12)21-18)14-10-6-3-7-11-14/h2-11H,18H2,1H3,(H,19,20,21). The molecule has 3 rings (SSSR count). The molecule has 0 aliphatic heterocycles. The first-order chi connectivity index (χ1) is 10.3. The van der Waals surface area contributed by atoms with E-state index >= 15 is 0 Å². The van der Waals surface area contributed by atoms with Gasteiger partial charge in [0.05, 0.1) is 5.69 Å². The molecule has 0 amide bonds. The third kappa shape index (κ3) is 2.61. The largest absolute Gasteiger partial charge is 0.308 e. The Labute approximate surface area is 123 Å². The highest BCUT2D eigenvalue weighted by atomic mass is 15.3. The fourth-order valence-electron chi connectivity index (χ4n) is 2.25. The number of hydrogen-bond acceptors (Lipinski definition) is 4. The van der Waals surface area contributed by atoms with E-state index in [2.05, 4.69) is 10.4 Å². The molecule has 0 unspecified atom stereocenters. The molecule has 1 aromatic heterocycles. The Bertz CT molecular complexity index is 739. The molecule has 2 aromatic carbocycles. The highest BCUT2D eigenvalue weighted by Crippen LogP contribution is 2.28. The molecule has 3 aromatic rings. The molecule has 0 saturated heterocycles. The Morgan fingerprint density at radius 1 is 0.810 bits per heavy atom. The first-order valence-electron chi connectivity index (χ1n) is 6.75. The van der Waals surface area contributed by atoms with E-state index in [1.54, 1.807) is 0 Å². The van der Waals surface area contributed by atoms with Crippen molar-refractivity contribution in [3.63, 3.8) is 0 Å². The maximum Gasteiger partial charge on any atom is 0.162 e. The molecule has 0 aliphatic carbocycles. The average molecular weight is 276 g/mol. The van der Waals surface area contributed by atoms with Crippen LogP contribution < -0.4 is 11.3 Å². The zero-order valence-electron chi connectivity index (χ0n) is 11.7. The third-order valence-electron chi connectivity index (χ3n) is 3.36. The molecule has 0 spiro atoms. The Kier molecular flexibility index (Phi) is 3.62. The van der Waals surface area contributed by atoms with Crippen molar-refractivity contribution in [2.75, 3.05) is 5.43 Å². The summed E-state index contributed by atoms with van der Waals surface area (Å²) in [5.74, 6) is 6.91. The number of nitrogens with two attached hydrogens (primary N) is 1. The van der Waals surface area contributed by atoms with Crippen LogP contribution in [-0.2, 0) is 0 Å². The number of hydrazine groups is 1. The fourth-order valence-corrected chi connectivity index (χ4v) is 2.25. The topological polar surface area (TPSA) is 63.8 Å². The number of nitrogen functional groups attached to an aromatic ring is 1. The lowest BCUT2D eigenvalue weighted by molar-refractivity contribution is 1.12. The molecule has 0 fully saturated rings. The Balaban J connectivity index is 2.21. The minimum absolute atomic E-state index is 0.641. The van der Waals surface area contributed by atoms with Crippen molar-refractivity contribution in [1.29, 1.82) is 0 Å².